The van der Waals surface area contributed by atoms with E-state index in [4.69, 9.17) is 17.3 Å². The van der Waals surface area contributed by atoms with Gasteiger partial charge in [0.05, 0.1) is 4.91 Å². The van der Waals surface area contributed by atoms with Crippen LogP contribution in [0.5, 0.6) is 0 Å². The van der Waals surface area contributed by atoms with Crippen LogP contribution in [0.1, 0.15) is 62.6 Å². The molecular formula is C24H30N4O4S2. The van der Waals surface area contributed by atoms with Gasteiger partial charge in [-0.25, -0.2) is 0 Å². The van der Waals surface area contributed by atoms with Crippen LogP contribution >= 0.6 is 24.0 Å². The summed E-state index contributed by atoms with van der Waals surface area (Å²) in [6.45, 7) is 8.25. The maximum atomic E-state index is 13.2. The minimum Gasteiger partial charge on any atom is -0.481 e. The normalized spacial score (nSPS) is 19.7. The van der Waals surface area contributed by atoms with Crippen molar-refractivity contribution in [1.29, 1.82) is 5.26 Å². The third-order valence-corrected chi connectivity index (χ3v) is 7.55. The summed E-state index contributed by atoms with van der Waals surface area (Å²) in [7, 11) is 0. The summed E-state index contributed by atoms with van der Waals surface area (Å²) in [6.07, 6.45) is 4.88. The van der Waals surface area contributed by atoms with Gasteiger partial charge in [-0.15, -0.1) is 0 Å². The molecule has 0 spiro atoms. The molecule has 2 aliphatic heterocycles. The first-order valence-corrected chi connectivity index (χ1v) is 12.8. The quantitative estimate of drug-likeness (QED) is 0.423. The van der Waals surface area contributed by atoms with Crippen LogP contribution in [0.25, 0.3) is 6.08 Å². The number of pyridine rings is 1. The lowest BCUT2D eigenvalue weighted by molar-refractivity contribution is -0.137. The maximum absolute atomic E-state index is 13.2. The summed E-state index contributed by atoms with van der Waals surface area (Å²) in [5.41, 5.74) is 1.05. The van der Waals surface area contributed by atoms with Crippen LogP contribution in [0, 0.1) is 24.2 Å². The van der Waals surface area contributed by atoms with Gasteiger partial charge in [0.1, 0.15) is 21.8 Å². The molecule has 182 valence electrons. The Kier molecular flexibility index (Phi) is 8.55. The summed E-state index contributed by atoms with van der Waals surface area (Å²) in [5.74, 6) is 0.0324. The molecule has 1 aromatic rings. The summed E-state index contributed by atoms with van der Waals surface area (Å²) < 4.78 is 2.07. The Morgan fingerprint density at radius 1 is 1.35 bits per heavy atom. The number of piperidine rings is 1. The van der Waals surface area contributed by atoms with E-state index < -0.39 is 5.97 Å². The van der Waals surface area contributed by atoms with Crippen LogP contribution in [0.15, 0.2) is 9.70 Å². The molecule has 3 heterocycles. The average molecular weight is 503 g/mol. The zero-order chi connectivity index (χ0) is 25.0. The molecule has 0 aliphatic carbocycles. The van der Waals surface area contributed by atoms with Crippen LogP contribution in [0.2, 0.25) is 0 Å². The fourth-order valence-corrected chi connectivity index (χ4v) is 5.80. The highest BCUT2D eigenvalue weighted by Crippen LogP contribution is 2.37. The number of hydrogen-bond acceptors (Lipinski definition) is 7. The molecule has 10 heteroatoms. The van der Waals surface area contributed by atoms with Crippen LogP contribution in [-0.2, 0) is 16.1 Å². The molecule has 2 aliphatic rings. The zero-order valence-corrected chi connectivity index (χ0v) is 21.4. The number of nitriles is 1. The highest BCUT2D eigenvalue weighted by molar-refractivity contribution is 8.26. The molecule has 0 aromatic carbocycles. The van der Waals surface area contributed by atoms with Gasteiger partial charge in [-0.2, -0.15) is 5.26 Å². The second-order valence-electron chi connectivity index (χ2n) is 8.83. The number of carboxylic acids is 1. The molecule has 1 amide bonds. The van der Waals surface area contributed by atoms with Crippen molar-refractivity contribution in [2.75, 3.05) is 24.5 Å². The third-order valence-electron chi connectivity index (χ3n) is 6.17. The van der Waals surface area contributed by atoms with Gasteiger partial charge in [-0.3, -0.25) is 23.9 Å². The van der Waals surface area contributed by atoms with E-state index in [1.54, 1.807) is 17.6 Å². The highest BCUT2D eigenvalue weighted by Gasteiger charge is 2.33. The number of anilines is 1. The number of thiocarbonyl (C=S) groups is 1. The van der Waals surface area contributed by atoms with Gasteiger partial charge in [0.15, 0.2) is 0 Å². The molecule has 1 aromatic heterocycles. The smallest absolute Gasteiger partial charge is 0.303 e. The molecule has 8 nitrogen and oxygen atoms in total. The van der Waals surface area contributed by atoms with Crippen LogP contribution in [-0.4, -0.2) is 50.4 Å². The molecular weight excluding hydrogens is 472 g/mol. The largest absolute Gasteiger partial charge is 0.481 e. The Balaban J connectivity index is 2.12. The van der Waals surface area contributed by atoms with Gasteiger partial charge in [0.25, 0.3) is 11.5 Å². The lowest BCUT2D eigenvalue weighted by Gasteiger charge is -2.36. The predicted octanol–water partition coefficient (Wildman–Crippen LogP) is 3.74. The molecule has 2 fully saturated rings. The summed E-state index contributed by atoms with van der Waals surface area (Å²) in [4.78, 5) is 41.3. The fourth-order valence-electron chi connectivity index (χ4n) is 4.51. The number of aromatic nitrogens is 1. The number of carboxylic acid groups (broad SMARTS) is 1. The van der Waals surface area contributed by atoms with Gasteiger partial charge in [0.2, 0.25) is 0 Å². The lowest BCUT2D eigenvalue weighted by Crippen LogP contribution is -2.40. The Bertz CT molecular complexity index is 1140. The van der Waals surface area contributed by atoms with Gasteiger partial charge < -0.3 is 10.0 Å². The number of carbonyl (C=O) groups excluding carboxylic acids is 1. The van der Waals surface area contributed by atoms with E-state index in [0.29, 0.717) is 39.2 Å². The van der Waals surface area contributed by atoms with E-state index in [9.17, 15) is 19.6 Å². The predicted molar refractivity (Wildman–Crippen MR) is 138 cm³/mol. The molecule has 3 rings (SSSR count). The van der Waals surface area contributed by atoms with Crippen molar-refractivity contribution >= 4 is 52.1 Å². The van der Waals surface area contributed by atoms with Crippen molar-refractivity contribution in [3.8, 4) is 6.07 Å². The van der Waals surface area contributed by atoms with Crippen LogP contribution in [0.3, 0.4) is 0 Å². The van der Waals surface area contributed by atoms with Crippen molar-refractivity contribution in [1.82, 2.24) is 9.47 Å². The SMILES string of the molecule is CCCn1c(N2CCCC(C)C2)c(/C=C2\SC(=S)N(CCCC(=O)O)C2=O)c(C)c(C#N)c1=O. The van der Waals surface area contributed by atoms with Gasteiger partial charge in [-0.05, 0) is 50.2 Å². The fraction of sp³-hybridized carbons (Fsp3) is 0.542. The Morgan fingerprint density at radius 2 is 2.09 bits per heavy atom. The van der Waals surface area contributed by atoms with Crippen LogP contribution in [0.4, 0.5) is 5.82 Å². The second kappa shape index (κ2) is 11.2. The number of aliphatic carboxylic acids is 1. The van der Waals surface area contributed by atoms with Gasteiger partial charge >= 0.3 is 5.97 Å². The molecule has 1 atom stereocenters. The summed E-state index contributed by atoms with van der Waals surface area (Å²) in [5, 5.41) is 18.7. The number of carbonyl (C=O) groups is 2. The Labute approximate surface area is 209 Å². The zero-order valence-electron chi connectivity index (χ0n) is 19.8. The highest BCUT2D eigenvalue weighted by atomic mass is 32.2. The van der Waals surface area contributed by atoms with Crippen molar-refractivity contribution in [3.63, 3.8) is 0 Å². The number of hydrogen-bond donors (Lipinski definition) is 1. The Morgan fingerprint density at radius 3 is 2.71 bits per heavy atom. The van der Waals surface area contributed by atoms with Gasteiger partial charge in [0, 0.05) is 38.2 Å². The van der Waals surface area contributed by atoms with E-state index in [1.807, 2.05) is 6.92 Å². The first-order valence-electron chi connectivity index (χ1n) is 11.6. The molecule has 0 saturated carbocycles. The van der Waals surface area contributed by atoms with Crippen molar-refractivity contribution in [3.05, 3.63) is 31.9 Å². The van der Waals surface area contributed by atoms with Crippen LogP contribution < -0.4 is 10.5 Å². The summed E-state index contributed by atoms with van der Waals surface area (Å²) >= 11 is 6.56. The minimum absolute atomic E-state index is 0.0416. The molecule has 34 heavy (non-hydrogen) atoms. The lowest BCUT2D eigenvalue weighted by atomic mass is 9.98. The monoisotopic (exact) mass is 502 g/mol. The number of rotatable bonds is 8. The summed E-state index contributed by atoms with van der Waals surface area (Å²) in [6, 6.07) is 2.07. The standard InChI is InChI=1S/C24H30N4O4S2/c1-4-9-27-21(26-10-5-7-15(2)14-26)17(16(3)18(13-25)22(27)31)12-19-23(32)28(24(33)34-19)11-6-8-20(29)30/h12,15H,4-11,14H2,1-3H3,(H,29,30)/b19-12-. The molecule has 0 bridgehead atoms. The van der Waals surface area contributed by atoms with Crippen molar-refractivity contribution < 1.29 is 14.7 Å². The average Bonchev–Trinajstić information content (AvgIpc) is 3.04. The number of thioether (sulfide) groups is 1. The van der Waals surface area contributed by atoms with Crippen molar-refractivity contribution in [2.24, 2.45) is 5.92 Å². The Hall–Kier alpha value is -2.64. The van der Waals surface area contributed by atoms with E-state index in [0.717, 1.165) is 38.2 Å². The second-order valence-corrected chi connectivity index (χ2v) is 10.5. The first kappa shape index (κ1) is 26.0. The number of nitrogens with zero attached hydrogens (tertiary/aromatic N) is 4. The first-order chi connectivity index (χ1) is 16.2. The van der Waals surface area contributed by atoms with E-state index >= 15 is 0 Å². The van der Waals surface area contributed by atoms with Gasteiger partial charge in [-0.1, -0.05) is 37.8 Å². The van der Waals surface area contributed by atoms with E-state index in [2.05, 4.69) is 17.9 Å². The molecule has 0 radical (unpaired) electrons. The topological polar surface area (TPSA) is 107 Å². The molecule has 1 unspecified atom stereocenters. The molecule has 1 N–H and O–H groups in total. The minimum atomic E-state index is -0.917. The van der Waals surface area contributed by atoms with E-state index in [1.165, 1.54) is 16.7 Å². The maximum Gasteiger partial charge on any atom is 0.303 e. The van der Waals surface area contributed by atoms with E-state index in [-0.39, 0.29) is 30.0 Å². The molecule has 2 saturated heterocycles. The third kappa shape index (κ3) is 5.36. The van der Waals surface area contributed by atoms with Crippen molar-refractivity contribution in [2.45, 2.75) is 59.4 Å². The number of amides is 1.